The van der Waals surface area contributed by atoms with Gasteiger partial charge in [0.2, 0.25) is 5.91 Å². The minimum atomic E-state index is 0.242. The van der Waals surface area contributed by atoms with Crippen LogP contribution < -0.4 is 0 Å². The van der Waals surface area contributed by atoms with Crippen LogP contribution in [0.1, 0.15) is 24.8 Å². The van der Waals surface area contributed by atoms with E-state index >= 15 is 0 Å². The molecule has 26 heavy (non-hydrogen) atoms. The number of pyridine rings is 1. The number of thiazole rings is 1. The Labute approximate surface area is 157 Å². The van der Waals surface area contributed by atoms with Crippen LogP contribution in [-0.2, 0) is 11.2 Å². The van der Waals surface area contributed by atoms with Crippen molar-refractivity contribution in [1.82, 2.24) is 14.9 Å². The summed E-state index contributed by atoms with van der Waals surface area (Å²) in [4.78, 5) is 23.2. The summed E-state index contributed by atoms with van der Waals surface area (Å²) in [6.07, 6.45) is 7.56. The predicted molar refractivity (Wildman–Crippen MR) is 105 cm³/mol. The second-order valence-electron chi connectivity index (χ2n) is 6.59. The molecule has 0 saturated carbocycles. The molecule has 4 rings (SSSR count). The second-order valence-corrected chi connectivity index (χ2v) is 7.45. The van der Waals surface area contributed by atoms with Gasteiger partial charge in [-0.05, 0) is 37.0 Å². The molecule has 4 nitrogen and oxygen atoms in total. The molecule has 1 aliphatic heterocycles. The van der Waals surface area contributed by atoms with E-state index in [2.05, 4.69) is 22.5 Å². The Balaban J connectivity index is 1.44. The first-order chi connectivity index (χ1) is 12.8. The van der Waals surface area contributed by atoms with Gasteiger partial charge in [0.25, 0.3) is 0 Å². The van der Waals surface area contributed by atoms with Crippen LogP contribution in [0.5, 0.6) is 0 Å². The third-order valence-corrected chi connectivity index (χ3v) is 5.64. The fraction of sp³-hybridized carbons (Fsp3) is 0.286. The van der Waals surface area contributed by atoms with Gasteiger partial charge in [-0.2, -0.15) is 0 Å². The molecule has 0 atom stereocenters. The van der Waals surface area contributed by atoms with Gasteiger partial charge < -0.3 is 4.90 Å². The largest absolute Gasteiger partial charge is 0.342 e. The Morgan fingerprint density at radius 1 is 0.962 bits per heavy atom. The second kappa shape index (κ2) is 7.79. The number of nitrogens with zero attached hydrogens (tertiary/aromatic N) is 3. The first-order valence-corrected chi connectivity index (χ1v) is 9.90. The normalized spacial score (nSPS) is 14.4. The number of benzene rings is 1. The Bertz CT molecular complexity index is 868. The zero-order chi connectivity index (χ0) is 17.8. The number of hydrogen-bond donors (Lipinski definition) is 0. The van der Waals surface area contributed by atoms with E-state index in [0.717, 1.165) is 53.3 Å². The molecule has 1 aliphatic rings. The lowest BCUT2D eigenvalue weighted by atomic mass is 10.1. The minimum Gasteiger partial charge on any atom is -0.342 e. The monoisotopic (exact) mass is 363 g/mol. The van der Waals surface area contributed by atoms with E-state index in [-0.39, 0.29) is 5.91 Å². The van der Waals surface area contributed by atoms with Crippen LogP contribution in [0.2, 0.25) is 0 Å². The van der Waals surface area contributed by atoms with E-state index in [9.17, 15) is 4.79 Å². The number of rotatable bonds is 4. The van der Waals surface area contributed by atoms with Crippen molar-refractivity contribution in [2.24, 2.45) is 0 Å². The average Bonchev–Trinajstić information content (AvgIpc) is 3.20. The Morgan fingerprint density at radius 2 is 1.69 bits per heavy atom. The van der Waals surface area contributed by atoms with Gasteiger partial charge in [-0.3, -0.25) is 9.78 Å². The highest BCUT2D eigenvalue weighted by Gasteiger charge is 2.16. The van der Waals surface area contributed by atoms with Crippen molar-refractivity contribution < 1.29 is 4.79 Å². The number of carbonyl (C=O) groups is 1. The number of carbonyl (C=O) groups excluding carboxylic acids is 1. The zero-order valence-corrected chi connectivity index (χ0v) is 15.4. The van der Waals surface area contributed by atoms with Gasteiger partial charge in [0.15, 0.2) is 0 Å². The molecule has 1 aromatic carbocycles. The lowest BCUT2D eigenvalue weighted by Crippen LogP contribution is -2.36. The molecule has 0 spiro atoms. The Morgan fingerprint density at radius 3 is 2.42 bits per heavy atom. The Kier molecular flexibility index (Phi) is 5.07. The molecule has 5 heteroatoms. The summed E-state index contributed by atoms with van der Waals surface area (Å²) < 4.78 is 0. The summed E-state index contributed by atoms with van der Waals surface area (Å²) in [6.45, 7) is 1.82. The number of hydrogen-bond acceptors (Lipinski definition) is 4. The summed E-state index contributed by atoms with van der Waals surface area (Å²) in [5.41, 5.74) is 4.19. The van der Waals surface area contributed by atoms with Crippen molar-refractivity contribution in [3.8, 4) is 21.8 Å². The maximum absolute atomic E-state index is 12.4. The lowest BCUT2D eigenvalue weighted by Gasteiger charge is -2.26. The first kappa shape index (κ1) is 16.9. The van der Waals surface area contributed by atoms with Crippen molar-refractivity contribution in [2.45, 2.75) is 25.7 Å². The number of amides is 1. The fourth-order valence-corrected chi connectivity index (χ4v) is 4.09. The van der Waals surface area contributed by atoms with Crippen LogP contribution in [-0.4, -0.2) is 33.9 Å². The SMILES string of the molecule is O=C(Cc1ccc(-c2csc(-c3ccncc3)n2)cc1)N1CCCCC1. The van der Waals surface area contributed by atoms with Gasteiger partial charge >= 0.3 is 0 Å². The van der Waals surface area contributed by atoms with Gasteiger partial charge in [0, 0.05) is 42.0 Å². The lowest BCUT2D eigenvalue weighted by molar-refractivity contribution is -0.131. The van der Waals surface area contributed by atoms with Gasteiger partial charge in [0.05, 0.1) is 12.1 Å². The first-order valence-electron chi connectivity index (χ1n) is 9.02. The van der Waals surface area contributed by atoms with Crippen LogP contribution in [0.15, 0.2) is 54.2 Å². The number of piperidine rings is 1. The highest BCUT2D eigenvalue weighted by molar-refractivity contribution is 7.13. The summed E-state index contributed by atoms with van der Waals surface area (Å²) in [7, 11) is 0. The molecule has 0 bridgehead atoms. The van der Waals surface area contributed by atoms with E-state index in [1.165, 1.54) is 6.42 Å². The summed E-state index contributed by atoms with van der Waals surface area (Å²) in [5, 5.41) is 3.07. The van der Waals surface area contributed by atoms with E-state index in [1.807, 2.05) is 29.2 Å². The third-order valence-electron chi connectivity index (χ3n) is 4.75. The maximum atomic E-state index is 12.4. The van der Waals surface area contributed by atoms with Gasteiger partial charge in [-0.1, -0.05) is 24.3 Å². The summed E-state index contributed by atoms with van der Waals surface area (Å²) >= 11 is 1.63. The van der Waals surface area contributed by atoms with Crippen LogP contribution in [0, 0.1) is 0 Å². The summed E-state index contributed by atoms with van der Waals surface area (Å²) in [6, 6.07) is 12.1. The van der Waals surface area contributed by atoms with Gasteiger partial charge in [0.1, 0.15) is 5.01 Å². The summed E-state index contributed by atoms with van der Waals surface area (Å²) in [5.74, 6) is 0.242. The third kappa shape index (κ3) is 3.83. The number of aromatic nitrogens is 2. The number of likely N-dealkylation sites (tertiary alicyclic amines) is 1. The molecule has 132 valence electrons. The quantitative estimate of drug-likeness (QED) is 0.689. The van der Waals surface area contributed by atoms with Crippen molar-refractivity contribution >= 4 is 17.2 Å². The van der Waals surface area contributed by atoms with Crippen molar-refractivity contribution in [3.05, 3.63) is 59.7 Å². The molecule has 0 N–H and O–H groups in total. The molecule has 3 heterocycles. The van der Waals surface area contributed by atoms with E-state index in [0.29, 0.717) is 6.42 Å². The molecule has 0 aliphatic carbocycles. The fourth-order valence-electron chi connectivity index (χ4n) is 3.26. The standard InChI is InChI=1S/C21H21N3OS/c25-20(24-12-2-1-3-13-24)14-16-4-6-17(7-5-16)19-15-26-21(23-19)18-8-10-22-11-9-18/h4-11,15H,1-3,12-14H2. The minimum absolute atomic E-state index is 0.242. The van der Waals surface area contributed by atoms with Crippen molar-refractivity contribution in [1.29, 1.82) is 0 Å². The van der Waals surface area contributed by atoms with Crippen LogP contribution in [0.25, 0.3) is 21.8 Å². The molecule has 2 aromatic heterocycles. The van der Waals surface area contributed by atoms with Crippen molar-refractivity contribution in [3.63, 3.8) is 0 Å². The molecule has 3 aromatic rings. The van der Waals surface area contributed by atoms with Crippen LogP contribution in [0.3, 0.4) is 0 Å². The smallest absolute Gasteiger partial charge is 0.226 e. The molecule has 1 amide bonds. The molecular weight excluding hydrogens is 342 g/mol. The molecule has 0 radical (unpaired) electrons. The topological polar surface area (TPSA) is 46.1 Å². The average molecular weight is 363 g/mol. The molecule has 1 fully saturated rings. The van der Waals surface area contributed by atoms with Crippen LogP contribution >= 0.6 is 11.3 Å². The van der Waals surface area contributed by atoms with Crippen LogP contribution in [0.4, 0.5) is 0 Å². The van der Waals surface area contributed by atoms with Gasteiger partial charge in [-0.15, -0.1) is 11.3 Å². The molecule has 1 saturated heterocycles. The van der Waals surface area contributed by atoms with Gasteiger partial charge in [-0.25, -0.2) is 4.98 Å². The Hall–Kier alpha value is -2.53. The molecule has 0 unspecified atom stereocenters. The molecular formula is C21H21N3OS. The zero-order valence-electron chi connectivity index (χ0n) is 14.6. The van der Waals surface area contributed by atoms with E-state index < -0.39 is 0 Å². The van der Waals surface area contributed by atoms with Crippen molar-refractivity contribution in [2.75, 3.05) is 13.1 Å². The highest BCUT2D eigenvalue weighted by Crippen LogP contribution is 2.28. The van der Waals surface area contributed by atoms with E-state index in [4.69, 9.17) is 4.98 Å². The maximum Gasteiger partial charge on any atom is 0.226 e. The highest BCUT2D eigenvalue weighted by atomic mass is 32.1. The van der Waals surface area contributed by atoms with E-state index in [1.54, 1.807) is 23.7 Å². The predicted octanol–water partition coefficient (Wildman–Crippen LogP) is 4.43.